The Balaban J connectivity index is 1.36. The predicted octanol–water partition coefficient (Wildman–Crippen LogP) is 5.58. The van der Waals surface area contributed by atoms with Crippen molar-refractivity contribution in [2.75, 3.05) is 38.8 Å². The number of Topliss-reactive ketones (excluding diaryl/α,β-unsaturated/α-hetero) is 1. The lowest BCUT2D eigenvalue weighted by atomic mass is 9.82. The minimum atomic E-state index is -0.319. The van der Waals surface area contributed by atoms with Crippen LogP contribution >= 0.6 is 0 Å². The highest BCUT2D eigenvalue weighted by Gasteiger charge is 2.27. The quantitative estimate of drug-likeness (QED) is 0.146. The average Bonchev–Trinajstić information content (AvgIpc) is 3.38. The van der Waals surface area contributed by atoms with Crippen molar-refractivity contribution < 1.29 is 24.3 Å². The fraction of sp³-hybridized carbons (Fsp3) is 0.145. The van der Waals surface area contributed by atoms with Crippen molar-refractivity contribution in [2.45, 2.75) is 26.8 Å². The van der Waals surface area contributed by atoms with E-state index in [0.717, 1.165) is 46.6 Å². The van der Waals surface area contributed by atoms with Crippen LogP contribution in [0, 0.1) is 131 Å². The van der Waals surface area contributed by atoms with Crippen LogP contribution in [0.5, 0.6) is 11.5 Å². The summed E-state index contributed by atoms with van der Waals surface area (Å²) in [6.45, 7) is 8.91. The minimum Gasteiger partial charge on any atom is -0.871 e. The van der Waals surface area contributed by atoms with Gasteiger partial charge in [-0.3, -0.25) is 4.79 Å². The molecule has 5 rings (SSSR count). The zero-order valence-electron chi connectivity index (χ0n) is 38.2. The van der Waals surface area contributed by atoms with Crippen LogP contribution < -0.4 is 24.4 Å². The monoisotopic (exact) mass is 878 g/mol. The van der Waals surface area contributed by atoms with E-state index in [1.807, 2.05) is 84.6 Å². The van der Waals surface area contributed by atoms with Crippen LogP contribution in [0.4, 0.5) is 5.69 Å². The van der Waals surface area contributed by atoms with E-state index in [4.69, 9.17) is 15.9 Å². The van der Waals surface area contributed by atoms with Gasteiger partial charge in [0.2, 0.25) is 0 Å². The van der Waals surface area contributed by atoms with E-state index in [1.54, 1.807) is 26.4 Å². The molecule has 2 aliphatic carbocycles. The summed E-state index contributed by atoms with van der Waals surface area (Å²) in [5.74, 6) is 51.4. The summed E-state index contributed by atoms with van der Waals surface area (Å²) >= 11 is 0. The number of benzene rings is 3. The molecular formula is C62H42N2O4. The lowest BCUT2D eigenvalue weighted by Gasteiger charge is -2.30. The minimum absolute atomic E-state index is 0.109. The van der Waals surface area contributed by atoms with Crippen LogP contribution in [0.2, 0.25) is 0 Å². The zero-order valence-corrected chi connectivity index (χ0v) is 38.2. The molecule has 1 N–H and O–H groups in total. The number of allylic oxidation sites excluding steroid dienone is 8. The van der Waals surface area contributed by atoms with E-state index in [2.05, 4.69) is 163 Å². The molecule has 3 aromatic carbocycles. The van der Waals surface area contributed by atoms with Gasteiger partial charge in [-0.25, -0.2) is 0 Å². The number of carbonyl (C=O) groups excluding carboxylic acids is 1. The number of terminal acetylenes is 1. The number of nitrogens with one attached hydrogen (secondary N) is 1. The fourth-order valence-corrected chi connectivity index (χ4v) is 6.71. The van der Waals surface area contributed by atoms with Crippen molar-refractivity contribution in [2.24, 2.45) is 0 Å². The Morgan fingerprint density at radius 2 is 1.06 bits per heavy atom. The number of ketones is 1. The third-order valence-electron chi connectivity index (χ3n) is 10.2. The van der Waals surface area contributed by atoms with Gasteiger partial charge < -0.3 is 24.4 Å². The first-order valence-corrected chi connectivity index (χ1v) is 21.3. The SMILES string of the molecule is C#CC#CC#CC#CC#CC#CC#CC#CC#CC#CC#CN(CC)c1ccc(/C(=C/C2=C([O-])C(=C/C(=C3C=CC([NH+](CC)CC)C=C3)c3ccc(OC)cc3)/C2=O)c2ccc(OC)cc2)cc1. The molecular weight excluding hydrogens is 837 g/mol. The standard InChI is InChI=1S/C62H42N2O4/c1-7-11-12-13-14-15-16-17-18-19-20-21-22-23-24-25-26-27-28-29-46-64(10-4)54-40-32-50(33-41-54)58(52-36-44-56(68-6)45-37-52)48-60-61(65)59(62(60)66)47-57(51-34-42-55(67-5)43-35-51)49-30-38-53(39-31-49)63(8-2)9-3/h1,30-45,47-48,53,65H,8-10H2,2-6H3/b57-49?,58-48-,59-47-. The molecule has 324 valence electrons. The van der Waals surface area contributed by atoms with Crippen LogP contribution in [0.1, 0.15) is 37.5 Å². The summed E-state index contributed by atoms with van der Waals surface area (Å²) in [6, 6.07) is 26.1. The van der Waals surface area contributed by atoms with Gasteiger partial charge in [0.15, 0.2) is 5.78 Å². The highest BCUT2D eigenvalue weighted by atomic mass is 16.5. The number of hydrogen-bond donors (Lipinski definition) is 1. The van der Waals surface area contributed by atoms with E-state index >= 15 is 0 Å². The van der Waals surface area contributed by atoms with Gasteiger partial charge in [-0.2, -0.15) is 0 Å². The lowest BCUT2D eigenvalue weighted by Crippen LogP contribution is -3.14. The summed E-state index contributed by atoms with van der Waals surface area (Å²) in [4.78, 5) is 17.3. The maximum Gasteiger partial charge on any atom is 0.191 e. The average molecular weight is 879 g/mol. The second-order valence-electron chi connectivity index (χ2n) is 14.0. The fourth-order valence-electron chi connectivity index (χ4n) is 6.71. The predicted molar refractivity (Wildman–Crippen MR) is 270 cm³/mol. The van der Waals surface area contributed by atoms with Gasteiger partial charge >= 0.3 is 0 Å². The summed E-state index contributed by atoms with van der Waals surface area (Å²) in [5.41, 5.74) is 5.93. The highest BCUT2D eigenvalue weighted by Crippen LogP contribution is 2.37. The van der Waals surface area contributed by atoms with Crippen molar-refractivity contribution in [1.82, 2.24) is 0 Å². The number of rotatable bonds is 12. The first-order chi connectivity index (χ1) is 33.3. The number of nitrogens with zero attached hydrogens (tertiary/aromatic N) is 1. The van der Waals surface area contributed by atoms with Crippen LogP contribution in [0.3, 0.4) is 0 Å². The molecule has 2 aliphatic rings. The molecule has 0 saturated carbocycles. The molecule has 0 heterocycles. The Labute approximate surface area is 401 Å². The van der Waals surface area contributed by atoms with Crippen LogP contribution in [-0.4, -0.2) is 45.7 Å². The molecule has 0 unspecified atom stereocenters. The first kappa shape index (κ1) is 49.1. The number of likely N-dealkylation sites (N-methyl/N-ethyl adjacent to an activating group) is 1. The number of anilines is 1. The van der Waals surface area contributed by atoms with Crippen molar-refractivity contribution in [1.29, 1.82) is 0 Å². The Morgan fingerprint density at radius 3 is 1.47 bits per heavy atom. The molecule has 0 atom stereocenters. The number of hydrogen-bond acceptors (Lipinski definition) is 5. The van der Waals surface area contributed by atoms with Crippen LogP contribution in [-0.2, 0) is 4.79 Å². The number of methoxy groups -OCH3 is 2. The maximum atomic E-state index is 14.0. The van der Waals surface area contributed by atoms with Gasteiger partial charge in [-0.05, 0) is 162 Å². The zero-order chi connectivity index (χ0) is 48.4. The van der Waals surface area contributed by atoms with Crippen molar-refractivity contribution in [3.05, 3.63) is 148 Å². The van der Waals surface area contributed by atoms with E-state index in [0.29, 0.717) is 23.6 Å². The molecule has 0 aromatic heterocycles. The van der Waals surface area contributed by atoms with Crippen molar-refractivity contribution in [3.8, 4) is 142 Å². The molecule has 0 spiro atoms. The molecule has 6 heteroatoms. The smallest absolute Gasteiger partial charge is 0.191 e. The molecule has 0 radical (unpaired) electrons. The van der Waals surface area contributed by atoms with E-state index < -0.39 is 0 Å². The normalized spacial score (nSPS) is 12.9. The molecule has 0 amide bonds. The maximum absolute atomic E-state index is 14.0. The molecule has 0 bridgehead atoms. The van der Waals surface area contributed by atoms with E-state index in [1.165, 1.54) is 4.90 Å². The Morgan fingerprint density at radius 1 is 0.632 bits per heavy atom. The second kappa shape index (κ2) is 26.7. The first-order valence-electron chi connectivity index (χ1n) is 21.3. The van der Waals surface area contributed by atoms with Crippen molar-refractivity contribution in [3.63, 3.8) is 0 Å². The number of carbonyl (C=O) groups is 1. The second-order valence-corrected chi connectivity index (χ2v) is 14.0. The molecule has 0 saturated heterocycles. The Kier molecular flexibility index (Phi) is 19.2. The van der Waals surface area contributed by atoms with Gasteiger partial charge in [0, 0.05) is 100 Å². The Hall–Kier alpha value is -9.91. The van der Waals surface area contributed by atoms with Crippen molar-refractivity contribution >= 4 is 22.6 Å². The largest absolute Gasteiger partial charge is 0.871 e. The van der Waals surface area contributed by atoms with Crippen LogP contribution in [0.15, 0.2) is 132 Å². The Bertz CT molecular complexity index is 3320. The van der Waals surface area contributed by atoms with Gasteiger partial charge in [0.1, 0.15) is 17.5 Å². The summed E-state index contributed by atoms with van der Waals surface area (Å²) in [5, 5.41) is 14.0. The molecule has 68 heavy (non-hydrogen) atoms. The summed E-state index contributed by atoms with van der Waals surface area (Å²) < 4.78 is 10.8. The highest BCUT2D eigenvalue weighted by molar-refractivity contribution is 6.22. The third kappa shape index (κ3) is 14.0. The third-order valence-corrected chi connectivity index (χ3v) is 10.2. The van der Waals surface area contributed by atoms with E-state index in [-0.39, 0.29) is 28.7 Å². The molecule has 0 aliphatic heterocycles. The van der Waals surface area contributed by atoms with Gasteiger partial charge in [-0.1, -0.05) is 54.3 Å². The molecule has 3 aromatic rings. The summed E-state index contributed by atoms with van der Waals surface area (Å²) in [7, 11) is 3.22. The van der Waals surface area contributed by atoms with E-state index in [9.17, 15) is 9.90 Å². The number of quaternary nitrogens is 1. The summed E-state index contributed by atoms with van der Waals surface area (Å²) in [6.07, 6.45) is 16.9. The van der Waals surface area contributed by atoms with Gasteiger partial charge in [0.05, 0.1) is 27.3 Å². The van der Waals surface area contributed by atoms with Gasteiger partial charge in [-0.15, -0.1) is 6.42 Å². The van der Waals surface area contributed by atoms with Gasteiger partial charge in [0.25, 0.3) is 0 Å². The molecule has 6 nitrogen and oxygen atoms in total. The van der Waals surface area contributed by atoms with Crippen LogP contribution in [0.25, 0.3) is 11.1 Å². The molecule has 0 fully saturated rings. The topological polar surface area (TPSA) is 66.3 Å². The number of ether oxygens (including phenoxy) is 2. The lowest BCUT2D eigenvalue weighted by molar-refractivity contribution is -0.908.